The second-order valence-corrected chi connectivity index (χ2v) is 7.13. The summed E-state index contributed by atoms with van der Waals surface area (Å²) < 4.78 is 27.5. The zero-order valence-corrected chi connectivity index (χ0v) is 16.2. The van der Waals surface area contributed by atoms with Crippen molar-refractivity contribution in [3.8, 4) is 11.1 Å². The van der Waals surface area contributed by atoms with Gasteiger partial charge in [-0.2, -0.15) is 10.2 Å². The molecule has 1 aliphatic heterocycles. The molecule has 1 amide bonds. The van der Waals surface area contributed by atoms with Gasteiger partial charge in [0.25, 0.3) is 0 Å². The van der Waals surface area contributed by atoms with Gasteiger partial charge in [-0.15, -0.1) is 0 Å². The van der Waals surface area contributed by atoms with Crippen LogP contribution in [0.25, 0.3) is 22.0 Å². The molecule has 0 saturated carbocycles. The topological polar surface area (TPSA) is 49.3 Å². The van der Waals surface area contributed by atoms with E-state index >= 15 is 0 Å². The van der Waals surface area contributed by atoms with Gasteiger partial charge in [0.1, 0.15) is 11.6 Å². The minimum atomic E-state index is -0.696. The highest BCUT2D eigenvalue weighted by molar-refractivity contribution is 6.34. The summed E-state index contributed by atoms with van der Waals surface area (Å²) >= 11 is 6.45. The van der Waals surface area contributed by atoms with Crippen LogP contribution >= 0.6 is 11.6 Å². The van der Waals surface area contributed by atoms with Crippen molar-refractivity contribution < 1.29 is 13.6 Å². The molecule has 4 rings (SSSR count). The van der Waals surface area contributed by atoms with E-state index in [1.54, 1.807) is 23.2 Å². The van der Waals surface area contributed by atoms with Crippen LogP contribution < -0.4 is 4.90 Å². The van der Waals surface area contributed by atoms with Gasteiger partial charge in [-0.3, -0.25) is 4.79 Å². The molecule has 0 bridgehead atoms. The molecule has 3 aromatic rings. The lowest BCUT2D eigenvalue weighted by Gasteiger charge is -2.35. The number of fused-ring (bicyclic) bond motifs is 1. The van der Waals surface area contributed by atoms with Gasteiger partial charge in [-0.1, -0.05) is 18.2 Å². The van der Waals surface area contributed by atoms with Crippen molar-refractivity contribution in [2.75, 3.05) is 31.1 Å². The number of rotatable bonds is 3. The molecule has 2 aromatic carbocycles. The molecule has 1 fully saturated rings. The number of nitrogens with zero attached hydrogens (tertiary/aromatic N) is 4. The smallest absolute Gasteiger partial charge is 0.246 e. The van der Waals surface area contributed by atoms with Gasteiger partial charge in [0.15, 0.2) is 0 Å². The summed E-state index contributed by atoms with van der Waals surface area (Å²) in [5.74, 6) is -1.44. The third-order valence-electron chi connectivity index (χ3n) is 5.03. The molecule has 0 aliphatic carbocycles. The summed E-state index contributed by atoms with van der Waals surface area (Å²) in [5.41, 5.74) is 2.01. The van der Waals surface area contributed by atoms with Gasteiger partial charge >= 0.3 is 0 Å². The van der Waals surface area contributed by atoms with E-state index in [1.165, 1.54) is 18.2 Å². The maximum atomic E-state index is 14.2. The second kappa shape index (κ2) is 7.75. The van der Waals surface area contributed by atoms with Crippen LogP contribution in [0.4, 0.5) is 14.5 Å². The Hall–Kier alpha value is -3.06. The quantitative estimate of drug-likeness (QED) is 0.606. The summed E-state index contributed by atoms with van der Waals surface area (Å²) in [4.78, 5) is 15.6. The largest absolute Gasteiger partial charge is 0.366 e. The van der Waals surface area contributed by atoms with Gasteiger partial charge in [0.05, 0.1) is 17.4 Å². The molecular formula is C21H17ClF2N4O. The second-order valence-electron chi connectivity index (χ2n) is 6.72. The number of piperazine rings is 1. The van der Waals surface area contributed by atoms with E-state index in [1.807, 2.05) is 0 Å². The number of anilines is 1. The lowest BCUT2D eigenvalue weighted by molar-refractivity contribution is -0.126. The number of benzene rings is 2. The van der Waals surface area contributed by atoms with Crippen LogP contribution in [0.5, 0.6) is 0 Å². The lowest BCUT2D eigenvalue weighted by atomic mass is 10.0. The van der Waals surface area contributed by atoms with Crippen molar-refractivity contribution in [2.45, 2.75) is 0 Å². The predicted octanol–water partition coefficient (Wildman–Crippen LogP) is 4.06. The van der Waals surface area contributed by atoms with E-state index in [-0.39, 0.29) is 11.5 Å². The molecular weight excluding hydrogens is 398 g/mol. The van der Waals surface area contributed by atoms with Gasteiger partial charge in [-0.05, 0) is 30.3 Å². The van der Waals surface area contributed by atoms with Crippen molar-refractivity contribution in [3.63, 3.8) is 0 Å². The first-order chi connectivity index (χ1) is 14.0. The minimum Gasteiger partial charge on any atom is -0.366 e. The standard InChI is InChI=1S/C21H17ClF2N4O/c1-2-21(29)28-7-5-27(6-8-28)20-12-25-26-19-11-15(17(22)10-16(19)20)14-4-3-13(23)9-18(14)24/h2-4,9-12H,1,5-8H2. The molecule has 0 atom stereocenters. The fourth-order valence-corrected chi connectivity index (χ4v) is 3.79. The Bertz CT molecular complexity index is 1110. The van der Waals surface area contributed by atoms with Crippen LogP contribution in [-0.2, 0) is 4.79 Å². The Morgan fingerprint density at radius 1 is 1.10 bits per heavy atom. The molecule has 1 saturated heterocycles. The first-order valence-electron chi connectivity index (χ1n) is 9.04. The van der Waals surface area contributed by atoms with Crippen LogP contribution in [0.3, 0.4) is 0 Å². The molecule has 5 nitrogen and oxygen atoms in total. The SMILES string of the molecule is C=CC(=O)N1CCN(c2cnnc3cc(-c4ccc(F)cc4F)c(Cl)cc23)CC1. The molecule has 29 heavy (non-hydrogen) atoms. The first kappa shape index (κ1) is 19.3. The molecule has 1 aliphatic rings. The number of carbonyl (C=O) groups is 1. The molecule has 148 valence electrons. The average molecular weight is 415 g/mol. The summed E-state index contributed by atoms with van der Waals surface area (Å²) in [7, 11) is 0. The molecule has 0 spiro atoms. The molecule has 0 unspecified atom stereocenters. The Labute approximate surface area is 171 Å². The number of carbonyl (C=O) groups excluding carboxylic acids is 1. The van der Waals surface area contributed by atoms with Crippen LogP contribution in [-0.4, -0.2) is 47.2 Å². The zero-order valence-electron chi connectivity index (χ0n) is 15.4. The predicted molar refractivity (Wildman–Crippen MR) is 109 cm³/mol. The minimum absolute atomic E-state index is 0.0867. The van der Waals surface area contributed by atoms with E-state index in [2.05, 4.69) is 21.7 Å². The molecule has 8 heteroatoms. The first-order valence-corrected chi connectivity index (χ1v) is 9.42. The van der Waals surface area contributed by atoms with Crippen molar-refractivity contribution in [1.29, 1.82) is 0 Å². The number of hydrogen-bond donors (Lipinski definition) is 0. The highest BCUT2D eigenvalue weighted by Gasteiger charge is 2.22. The Morgan fingerprint density at radius 2 is 1.86 bits per heavy atom. The average Bonchev–Trinajstić information content (AvgIpc) is 2.73. The van der Waals surface area contributed by atoms with Gasteiger partial charge in [-0.25, -0.2) is 8.78 Å². The fourth-order valence-electron chi connectivity index (χ4n) is 3.53. The van der Waals surface area contributed by atoms with E-state index in [0.717, 1.165) is 17.1 Å². The molecule has 0 N–H and O–H groups in total. The summed E-state index contributed by atoms with van der Waals surface area (Å²) in [6.07, 6.45) is 2.97. The Kier molecular flexibility index (Phi) is 5.15. The van der Waals surface area contributed by atoms with Crippen molar-refractivity contribution >= 4 is 34.1 Å². The van der Waals surface area contributed by atoms with Crippen molar-refractivity contribution in [2.24, 2.45) is 0 Å². The lowest BCUT2D eigenvalue weighted by Crippen LogP contribution is -2.48. The van der Waals surface area contributed by atoms with E-state index in [4.69, 9.17) is 11.6 Å². The summed E-state index contributed by atoms with van der Waals surface area (Å²) in [6.45, 7) is 5.93. The Morgan fingerprint density at radius 3 is 2.55 bits per heavy atom. The maximum absolute atomic E-state index is 14.2. The highest BCUT2D eigenvalue weighted by Crippen LogP contribution is 2.36. The summed E-state index contributed by atoms with van der Waals surface area (Å²) in [5, 5.41) is 9.34. The molecule has 2 heterocycles. The number of amides is 1. The maximum Gasteiger partial charge on any atom is 0.246 e. The van der Waals surface area contributed by atoms with Crippen LogP contribution in [0.15, 0.2) is 49.2 Å². The van der Waals surface area contributed by atoms with Gasteiger partial charge in [0, 0.05) is 53.8 Å². The normalized spacial score (nSPS) is 14.3. The summed E-state index contributed by atoms with van der Waals surface area (Å²) in [6, 6.07) is 6.74. The van der Waals surface area contributed by atoms with Crippen molar-refractivity contribution in [3.05, 3.63) is 65.8 Å². The van der Waals surface area contributed by atoms with Crippen LogP contribution in [0.2, 0.25) is 5.02 Å². The Balaban J connectivity index is 1.70. The van der Waals surface area contributed by atoms with Crippen molar-refractivity contribution in [1.82, 2.24) is 15.1 Å². The number of hydrogen-bond acceptors (Lipinski definition) is 4. The fraction of sp³-hybridized carbons (Fsp3) is 0.190. The molecule has 0 radical (unpaired) electrons. The number of halogens is 3. The number of aromatic nitrogens is 2. The van der Waals surface area contributed by atoms with E-state index < -0.39 is 11.6 Å². The van der Waals surface area contributed by atoms with E-state index in [0.29, 0.717) is 42.3 Å². The van der Waals surface area contributed by atoms with Crippen LogP contribution in [0, 0.1) is 11.6 Å². The van der Waals surface area contributed by atoms with Gasteiger partial charge < -0.3 is 9.80 Å². The molecule has 1 aromatic heterocycles. The van der Waals surface area contributed by atoms with Crippen LogP contribution in [0.1, 0.15) is 0 Å². The zero-order chi connectivity index (χ0) is 20.5. The third-order valence-corrected chi connectivity index (χ3v) is 5.35. The van der Waals surface area contributed by atoms with Gasteiger partial charge in [0.2, 0.25) is 5.91 Å². The van der Waals surface area contributed by atoms with E-state index in [9.17, 15) is 13.6 Å². The highest BCUT2D eigenvalue weighted by atomic mass is 35.5. The third kappa shape index (κ3) is 3.65. The monoisotopic (exact) mass is 414 g/mol.